The van der Waals surface area contributed by atoms with Crippen molar-refractivity contribution in [3.8, 4) is 0 Å². The van der Waals surface area contributed by atoms with E-state index in [1.807, 2.05) is 6.92 Å². The van der Waals surface area contributed by atoms with Gasteiger partial charge in [0.15, 0.2) is 0 Å². The lowest BCUT2D eigenvalue weighted by Gasteiger charge is -2.36. The van der Waals surface area contributed by atoms with Gasteiger partial charge in [0.1, 0.15) is 0 Å². The molecule has 1 fully saturated rings. The maximum Gasteiger partial charge on any atom is 0.0746 e. The quantitative estimate of drug-likeness (QED) is 0.680. The number of rotatable bonds is 5. The Morgan fingerprint density at radius 1 is 1.43 bits per heavy atom. The van der Waals surface area contributed by atoms with E-state index in [0.29, 0.717) is 0 Å². The van der Waals surface area contributed by atoms with Crippen molar-refractivity contribution >= 4 is 0 Å². The van der Waals surface area contributed by atoms with Crippen molar-refractivity contribution in [2.75, 3.05) is 33.4 Å². The van der Waals surface area contributed by atoms with E-state index in [1.54, 1.807) is 7.11 Å². The molecule has 0 aromatic heterocycles. The summed E-state index contributed by atoms with van der Waals surface area (Å²) < 4.78 is 5.00. The Balaban J connectivity index is 2.12. The summed E-state index contributed by atoms with van der Waals surface area (Å²) >= 11 is 0. The molecule has 1 atom stereocenters. The van der Waals surface area contributed by atoms with Crippen molar-refractivity contribution < 1.29 is 9.84 Å². The highest BCUT2D eigenvalue weighted by Gasteiger charge is 2.27. The first-order chi connectivity index (χ1) is 6.64. The molecule has 1 rings (SSSR count). The van der Waals surface area contributed by atoms with Crippen LogP contribution in [0.5, 0.6) is 0 Å². The molecule has 1 aliphatic heterocycles. The molecular formula is C11H23NO2. The van der Waals surface area contributed by atoms with Crippen LogP contribution < -0.4 is 0 Å². The third-order valence-corrected chi connectivity index (χ3v) is 2.83. The van der Waals surface area contributed by atoms with Crippen LogP contribution in [-0.4, -0.2) is 49.0 Å². The summed E-state index contributed by atoms with van der Waals surface area (Å²) in [6.07, 6.45) is 4.36. The number of likely N-dealkylation sites (tertiary alicyclic amines) is 1. The van der Waals surface area contributed by atoms with Gasteiger partial charge in [0.25, 0.3) is 0 Å². The van der Waals surface area contributed by atoms with Gasteiger partial charge in [-0.3, -0.25) is 0 Å². The molecule has 0 spiro atoms. The second-order valence-electron chi connectivity index (χ2n) is 4.58. The first kappa shape index (κ1) is 12.0. The average Bonchev–Trinajstić information content (AvgIpc) is 2.11. The lowest BCUT2D eigenvalue weighted by molar-refractivity contribution is -0.0161. The van der Waals surface area contributed by atoms with Crippen LogP contribution in [0.4, 0.5) is 0 Å². The van der Waals surface area contributed by atoms with Gasteiger partial charge >= 0.3 is 0 Å². The Hall–Kier alpha value is -0.120. The zero-order valence-electron chi connectivity index (χ0n) is 9.46. The van der Waals surface area contributed by atoms with Crippen LogP contribution in [0, 0.1) is 0 Å². The summed E-state index contributed by atoms with van der Waals surface area (Å²) in [5, 5.41) is 9.88. The molecule has 0 aliphatic carbocycles. The Morgan fingerprint density at radius 2 is 2.21 bits per heavy atom. The summed E-state index contributed by atoms with van der Waals surface area (Å²) in [6.45, 7) is 5.86. The lowest BCUT2D eigenvalue weighted by Crippen LogP contribution is -2.46. The highest BCUT2D eigenvalue weighted by molar-refractivity contribution is 4.82. The van der Waals surface area contributed by atoms with Crippen molar-refractivity contribution in [2.24, 2.45) is 0 Å². The predicted octanol–water partition coefficient (Wildman–Crippen LogP) is 1.26. The molecule has 0 aromatic carbocycles. The van der Waals surface area contributed by atoms with Gasteiger partial charge in [0.2, 0.25) is 0 Å². The molecule has 1 saturated heterocycles. The topological polar surface area (TPSA) is 32.7 Å². The van der Waals surface area contributed by atoms with Crippen LogP contribution in [0.25, 0.3) is 0 Å². The summed E-state index contributed by atoms with van der Waals surface area (Å²) in [7, 11) is 1.74. The largest absolute Gasteiger partial charge is 0.389 e. The van der Waals surface area contributed by atoms with E-state index in [9.17, 15) is 5.11 Å². The van der Waals surface area contributed by atoms with Crippen molar-refractivity contribution in [3.63, 3.8) is 0 Å². The van der Waals surface area contributed by atoms with Crippen molar-refractivity contribution in [1.29, 1.82) is 0 Å². The molecule has 1 unspecified atom stereocenters. The van der Waals surface area contributed by atoms with Gasteiger partial charge in [-0.15, -0.1) is 0 Å². The molecule has 0 aromatic rings. The Kier molecular flexibility index (Phi) is 4.85. The molecular weight excluding hydrogens is 178 g/mol. The van der Waals surface area contributed by atoms with E-state index in [4.69, 9.17) is 4.74 Å². The molecule has 14 heavy (non-hydrogen) atoms. The van der Waals surface area contributed by atoms with Crippen LogP contribution in [0.3, 0.4) is 0 Å². The number of β-amino-alcohol motifs (C(OH)–C–C–N with tert-alkyl or cyclic N) is 1. The Bertz CT molecular complexity index is 159. The number of hydrogen-bond acceptors (Lipinski definition) is 3. The van der Waals surface area contributed by atoms with Gasteiger partial charge in [0.05, 0.1) is 5.60 Å². The normalized spacial score (nSPS) is 29.4. The summed E-state index contributed by atoms with van der Waals surface area (Å²) in [6, 6.07) is 0. The van der Waals surface area contributed by atoms with E-state index < -0.39 is 5.60 Å². The minimum absolute atomic E-state index is 0.459. The fourth-order valence-corrected chi connectivity index (χ4v) is 2.10. The summed E-state index contributed by atoms with van der Waals surface area (Å²) in [5.74, 6) is 0. The molecule has 1 heterocycles. The van der Waals surface area contributed by atoms with Crippen molar-refractivity contribution in [2.45, 2.75) is 38.2 Å². The highest BCUT2D eigenvalue weighted by atomic mass is 16.5. The third kappa shape index (κ3) is 4.40. The van der Waals surface area contributed by atoms with E-state index in [1.165, 1.54) is 6.42 Å². The molecule has 3 nitrogen and oxygen atoms in total. The van der Waals surface area contributed by atoms with Crippen LogP contribution in [-0.2, 0) is 4.74 Å². The van der Waals surface area contributed by atoms with E-state index >= 15 is 0 Å². The smallest absolute Gasteiger partial charge is 0.0746 e. The van der Waals surface area contributed by atoms with Crippen LogP contribution in [0.1, 0.15) is 32.6 Å². The third-order valence-electron chi connectivity index (χ3n) is 2.83. The average molecular weight is 201 g/mol. The van der Waals surface area contributed by atoms with Crippen LogP contribution >= 0.6 is 0 Å². The minimum Gasteiger partial charge on any atom is -0.389 e. The van der Waals surface area contributed by atoms with Gasteiger partial charge in [0, 0.05) is 20.3 Å². The van der Waals surface area contributed by atoms with Gasteiger partial charge < -0.3 is 14.7 Å². The lowest BCUT2D eigenvalue weighted by atomic mass is 9.95. The first-order valence-corrected chi connectivity index (χ1v) is 5.58. The van der Waals surface area contributed by atoms with Gasteiger partial charge in [-0.05, 0) is 45.7 Å². The molecule has 1 aliphatic rings. The number of nitrogens with zero attached hydrogens (tertiary/aromatic N) is 1. The number of unbranched alkanes of at least 4 members (excludes halogenated alkanes) is 1. The number of hydrogen-bond donors (Lipinski definition) is 1. The second-order valence-corrected chi connectivity index (χ2v) is 4.58. The number of methoxy groups -OCH3 is 1. The summed E-state index contributed by atoms with van der Waals surface area (Å²) in [5.41, 5.74) is -0.459. The Morgan fingerprint density at radius 3 is 2.86 bits per heavy atom. The summed E-state index contributed by atoms with van der Waals surface area (Å²) in [4.78, 5) is 2.36. The highest BCUT2D eigenvalue weighted by Crippen LogP contribution is 2.20. The fraction of sp³-hybridized carbons (Fsp3) is 1.00. The van der Waals surface area contributed by atoms with Gasteiger partial charge in [-0.1, -0.05) is 0 Å². The molecule has 0 bridgehead atoms. The van der Waals surface area contributed by atoms with E-state index in [-0.39, 0.29) is 0 Å². The van der Waals surface area contributed by atoms with Crippen molar-refractivity contribution in [3.05, 3.63) is 0 Å². The fourth-order valence-electron chi connectivity index (χ4n) is 2.10. The maximum atomic E-state index is 9.88. The zero-order chi connectivity index (χ0) is 10.4. The van der Waals surface area contributed by atoms with Crippen molar-refractivity contribution in [1.82, 2.24) is 4.90 Å². The number of piperidine rings is 1. The zero-order valence-corrected chi connectivity index (χ0v) is 9.46. The monoisotopic (exact) mass is 201 g/mol. The molecule has 0 saturated carbocycles. The SMILES string of the molecule is COCCCCN1CCCC(C)(O)C1. The Labute approximate surface area is 87.1 Å². The second kappa shape index (κ2) is 5.69. The van der Waals surface area contributed by atoms with Crippen LogP contribution in [0.2, 0.25) is 0 Å². The van der Waals surface area contributed by atoms with Gasteiger partial charge in [-0.2, -0.15) is 0 Å². The number of aliphatic hydroxyl groups is 1. The van der Waals surface area contributed by atoms with Crippen LogP contribution in [0.15, 0.2) is 0 Å². The maximum absolute atomic E-state index is 9.88. The molecule has 0 radical (unpaired) electrons. The molecule has 0 amide bonds. The minimum atomic E-state index is -0.459. The first-order valence-electron chi connectivity index (χ1n) is 5.58. The predicted molar refractivity (Wildman–Crippen MR) is 57.4 cm³/mol. The molecule has 3 heteroatoms. The standard InChI is InChI=1S/C11H23NO2/c1-11(13)6-5-8-12(10-11)7-3-4-9-14-2/h13H,3-10H2,1-2H3. The van der Waals surface area contributed by atoms with E-state index in [0.717, 1.165) is 45.5 Å². The molecule has 1 N–H and O–H groups in total. The van der Waals surface area contributed by atoms with E-state index in [2.05, 4.69) is 4.90 Å². The molecule has 84 valence electrons. The van der Waals surface area contributed by atoms with Gasteiger partial charge in [-0.25, -0.2) is 0 Å². The number of ether oxygens (including phenoxy) is 1.